The van der Waals surface area contributed by atoms with Crippen LogP contribution in [-0.2, 0) is 4.84 Å². The molecule has 0 aromatic carbocycles. The predicted molar refractivity (Wildman–Crippen MR) is 25.3 cm³/mol. The Hall–Kier alpha value is -0.610. The van der Waals surface area contributed by atoms with Crippen molar-refractivity contribution in [2.75, 3.05) is 0 Å². The SMILES string of the molecule is CC1(N)N=CNO1. The van der Waals surface area contributed by atoms with Crippen LogP contribution in [0.1, 0.15) is 6.92 Å². The Balaban J connectivity index is 2.57. The summed E-state index contributed by atoms with van der Waals surface area (Å²) in [5.74, 6) is -0.847. The van der Waals surface area contributed by atoms with Crippen LogP contribution in [0.3, 0.4) is 0 Å². The summed E-state index contributed by atoms with van der Waals surface area (Å²) >= 11 is 0. The fourth-order valence-electron chi connectivity index (χ4n) is 0.327. The third-order valence-electron chi connectivity index (χ3n) is 0.639. The molecule has 3 N–H and O–H groups in total. The van der Waals surface area contributed by atoms with Crippen LogP contribution < -0.4 is 11.2 Å². The van der Waals surface area contributed by atoms with E-state index < -0.39 is 5.85 Å². The number of hydrogen-bond acceptors (Lipinski definition) is 4. The van der Waals surface area contributed by atoms with Gasteiger partial charge in [0, 0.05) is 6.92 Å². The number of nitrogens with one attached hydrogen (secondary N) is 1. The molecular weight excluding hydrogens is 94.1 g/mol. The van der Waals surface area contributed by atoms with Crippen LogP contribution in [0.5, 0.6) is 0 Å². The van der Waals surface area contributed by atoms with E-state index in [9.17, 15) is 0 Å². The van der Waals surface area contributed by atoms with E-state index in [4.69, 9.17) is 5.73 Å². The van der Waals surface area contributed by atoms with Crippen LogP contribution in [0, 0.1) is 0 Å². The van der Waals surface area contributed by atoms with Gasteiger partial charge >= 0.3 is 0 Å². The molecule has 1 atom stereocenters. The van der Waals surface area contributed by atoms with E-state index in [2.05, 4.69) is 15.3 Å². The molecule has 0 aromatic rings. The molecule has 4 nitrogen and oxygen atoms in total. The molecule has 7 heavy (non-hydrogen) atoms. The normalized spacial score (nSPS) is 38.6. The highest BCUT2D eigenvalue weighted by molar-refractivity contribution is 5.54. The van der Waals surface area contributed by atoms with Crippen molar-refractivity contribution in [3.63, 3.8) is 0 Å². The van der Waals surface area contributed by atoms with Gasteiger partial charge in [-0.05, 0) is 0 Å². The lowest BCUT2D eigenvalue weighted by Gasteiger charge is -2.09. The zero-order valence-corrected chi connectivity index (χ0v) is 4.01. The second-order valence-corrected chi connectivity index (χ2v) is 1.53. The number of aliphatic imine (C=N–C) groups is 1. The molecular formula is C3H7N3O. The lowest BCUT2D eigenvalue weighted by molar-refractivity contribution is -0.0353. The summed E-state index contributed by atoms with van der Waals surface area (Å²) < 4.78 is 0. The lowest BCUT2D eigenvalue weighted by Crippen LogP contribution is -2.35. The highest BCUT2D eigenvalue weighted by Gasteiger charge is 2.19. The average Bonchev–Trinajstić information content (AvgIpc) is 1.84. The van der Waals surface area contributed by atoms with Crippen LogP contribution in [-0.4, -0.2) is 12.2 Å². The molecule has 0 saturated carbocycles. The van der Waals surface area contributed by atoms with Crippen molar-refractivity contribution in [3.8, 4) is 0 Å². The molecule has 0 bridgehead atoms. The van der Waals surface area contributed by atoms with Crippen molar-refractivity contribution in [2.24, 2.45) is 10.7 Å². The Morgan fingerprint density at radius 3 is 2.86 bits per heavy atom. The van der Waals surface area contributed by atoms with Gasteiger partial charge in [0.1, 0.15) is 6.34 Å². The monoisotopic (exact) mass is 101 g/mol. The van der Waals surface area contributed by atoms with Crippen molar-refractivity contribution < 1.29 is 4.84 Å². The summed E-state index contributed by atoms with van der Waals surface area (Å²) in [6, 6.07) is 0. The van der Waals surface area contributed by atoms with E-state index in [1.54, 1.807) is 6.92 Å². The molecule has 0 saturated heterocycles. The highest BCUT2D eigenvalue weighted by Crippen LogP contribution is 2.02. The van der Waals surface area contributed by atoms with Gasteiger partial charge in [0.05, 0.1) is 0 Å². The zero-order valence-electron chi connectivity index (χ0n) is 4.01. The minimum atomic E-state index is -0.847. The number of rotatable bonds is 0. The van der Waals surface area contributed by atoms with Crippen LogP contribution in [0.15, 0.2) is 4.99 Å². The molecule has 1 rings (SSSR count). The second-order valence-electron chi connectivity index (χ2n) is 1.53. The summed E-state index contributed by atoms with van der Waals surface area (Å²) in [5, 5.41) is 0. The smallest absolute Gasteiger partial charge is 0.235 e. The fourth-order valence-corrected chi connectivity index (χ4v) is 0.327. The van der Waals surface area contributed by atoms with Crippen LogP contribution in [0.4, 0.5) is 0 Å². The fraction of sp³-hybridized carbons (Fsp3) is 0.667. The minimum absolute atomic E-state index is 0.847. The Morgan fingerprint density at radius 2 is 2.71 bits per heavy atom. The van der Waals surface area contributed by atoms with Gasteiger partial charge in [-0.1, -0.05) is 0 Å². The molecule has 40 valence electrons. The van der Waals surface area contributed by atoms with Crippen molar-refractivity contribution in [1.82, 2.24) is 5.48 Å². The van der Waals surface area contributed by atoms with Gasteiger partial charge in [0.25, 0.3) is 0 Å². The molecule has 0 aromatic heterocycles. The van der Waals surface area contributed by atoms with Gasteiger partial charge < -0.3 is 0 Å². The van der Waals surface area contributed by atoms with Crippen molar-refractivity contribution >= 4 is 6.34 Å². The van der Waals surface area contributed by atoms with E-state index >= 15 is 0 Å². The molecule has 0 radical (unpaired) electrons. The quantitative estimate of drug-likeness (QED) is 0.419. The summed E-state index contributed by atoms with van der Waals surface area (Å²) in [5.41, 5.74) is 7.69. The first-order valence-electron chi connectivity index (χ1n) is 1.97. The maximum atomic E-state index is 5.30. The van der Waals surface area contributed by atoms with Gasteiger partial charge in [-0.25, -0.2) is 9.83 Å². The standard InChI is InChI=1S/C3H7N3O/c1-3(4)5-2-6-7-3/h2H,4H2,1H3,(H,5,6). The van der Waals surface area contributed by atoms with E-state index in [1.165, 1.54) is 6.34 Å². The summed E-state index contributed by atoms with van der Waals surface area (Å²) in [6.07, 6.45) is 1.42. The van der Waals surface area contributed by atoms with Gasteiger partial charge in [-0.15, -0.1) is 0 Å². The first kappa shape index (κ1) is 4.55. The lowest BCUT2D eigenvalue weighted by atomic mass is 10.5. The van der Waals surface area contributed by atoms with E-state index in [1.807, 2.05) is 0 Å². The molecule has 1 heterocycles. The number of hydrogen-bond donors (Lipinski definition) is 2. The minimum Gasteiger partial charge on any atom is -0.283 e. The first-order chi connectivity index (χ1) is 3.21. The zero-order chi connectivity index (χ0) is 5.33. The molecule has 0 fully saturated rings. The van der Waals surface area contributed by atoms with Crippen LogP contribution in [0.25, 0.3) is 0 Å². The second kappa shape index (κ2) is 1.18. The van der Waals surface area contributed by atoms with E-state index in [0.29, 0.717) is 0 Å². The van der Waals surface area contributed by atoms with Gasteiger partial charge in [-0.3, -0.25) is 11.2 Å². The Kier molecular flexibility index (Phi) is 0.765. The Bertz CT molecular complexity index is 98.4. The molecule has 0 spiro atoms. The largest absolute Gasteiger partial charge is 0.283 e. The maximum Gasteiger partial charge on any atom is 0.235 e. The van der Waals surface area contributed by atoms with Gasteiger partial charge in [-0.2, -0.15) is 0 Å². The summed E-state index contributed by atoms with van der Waals surface area (Å²) in [4.78, 5) is 8.33. The highest BCUT2D eigenvalue weighted by atomic mass is 16.7. The van der Waals surface area contributed by atoms with Crippen molar-refractivity contribution in [2.45, 2.75) is 12.8 Å². The Morgan fingerprint density at radius 1 is 2.00 bits per heavy atom. The van der Waals surface area contributed by atoms with Gasteiger partial charge in [0.15, 0.2) is 0 Å². The number of nitrogens with zero attached hydrogens (tertiary/aromatic N) is 1. The molecule has 0 aliphatic carbocycles. The van der Waals surface area contributed by atoms with Crippen LogP contribution >= 0.6 is 0 Å². The van der Waals surface area contributed by atoms with Crippen molar-refractivity contribution in [3.05, 3.63) is 0 Å². The third kappa shape index (κ3) is 0.880. The van der Waals surface area contributed by atoms with Crippen molar-refractivity contribution in [1.29, 1.82) is 0 Å². The first-order valence-corrected chi connectivity index (χ1v) is 1.97. The molecule has 1 aliphatic rings. The molecule has 1 aliphatic heterocycles. The predicted octanol–water partition coefficient (Wildman–Crippen LogP) is -0.818. The third-order valence-corrected chi connectivity index (χ3v) is 0.639. The van der Waals surface area contributed by atoms with E-state index in [-0.39, 0.29) is 0 Å². The maximum absolute atomic E-state index is 5.30. The van der Waals surface area contributed by atoms with E-state index in [0.717, 1.165) is 0 Å². The number of hydroxylamine groups is 1. The summed E-state index contributed by atoms with van der Waals surface area (Å²) in [6.45, 7) is 1.66. The molecule has 4 heteroatoms. The summed E-state index contributed by atoms with van der Waals surface area (Å²) in [7, 11) is 0. The topological polar surface area (TPSA) is 59.6 Å². The average molecular weight is 101 g/mol. The van der Waals surface area contributed by atoms with Crippen LogP contribution in [0.2, 0.25) is 0 Å². The number of nitrogens with two attached hydrogens (primary N) is 1. The Labute approximate surface area is 41.3 Å². The molecule has 0 amide bonds. The van der Waals surface area contributed by atoms with Gasteiger partial charge in [0.2, 0.25) is 5.85 Å². The molecule has 1 unspecified atom stereocenters.